The predicted octanol–water partition coefficient (Wildman–Crippen LogP) is 2.45. The lowest BCUT2D eigenvalue weighted by molar-refractivity contribution is 0.574. The highest BCUT2D eigenvalue weighted by Gasteiger charge is 2.27. The van der Waals surface area contributed by atoms with Crippen LogP contribution in [0.25, 0.3) is 0 Å². The molecule has 1 aliphatic rings. The van der Waals surface area contributed by atoms with Crippen LogP contribution in [0.4, 0.5) is 5.69 Å². The molecule has 0 atom stereocenters. The fourth-order valence-corrected chi connectivity index (χ4v) is 6.11. The number of aryl methyl sites for hydroxylation is 1. The van der Waals surface area contributed by atoms with Crippen molar-refractivity contribution in [3.05, 3.63) is 59.7 Å². The number of hydrogen-bond acceptors (Lipinski definition) is 4. The first-order valence-corrected chi connectivity index (χ1v) is 12.0. The zero-order chi connectivity index (χ0) is 19.5. The molecule has 0 saturated carbocycles. The van der Waals surface area contributed by atoms with Gasteiger partial charge in [-0.25, -0.2) is 21.6 Å². The zero-order valence-electron chi connectivity index (χ0n) is 15.3. The van der Waals surface area contributed by atoms with Crippen LogP contribution in [0.1, 0.15) is 24.0 Å². The molecule has 27 heavy (non-hydrogen) atoms. The Kier molecular flexibility index (Phi) is 5.88. The van der Waals surface area contributed by atoms with Gasteiger partial charge in [0.05, 0.1) is 16.3 Å². The second kappa shape index (κ2) is 8.00. The van der Waals surface area contributed by atoms with Crippen molar-refractivity contribution >= 4 is 25.7 Å². The molecule has 0 bridgehead atoms. The Morgan fingerprint density at radius 2 is 1.81 bits per heavy atom. The van der Waals surface area contributed by atoms with Crippen LogP contribution in [0.15, 0.2) is 53.4 Å². The van der Waals surface area contributed by atoms with Gasteiger partial charge in [-0.3, -0.25) is 4.31 Å². The molecule has 1 heterocycles. The minimum Gasteiger partial charge on any atom is -0.270 e. The molecule has 0 aromatic heterocycles. The van der Waals surface area contributed by atoms with Crippen molar-refractivity contribution in [2.45, 2.75) is 31.1 Å². The first-order chi connectivity index (χ1) is 12.8. The molecule has 3 rings (SSSR count). The van der Waals surface area contributed by atoms with E-state index in [1.54, 1.807) is 19.1 Å². The smallest absolute Gasteiger partial charge is 0.240 e. The van der Waals surface area contributed by atoms with Crippen LogP contribution in [0.3, 0.4) is 0 Å². The predicted molar refractivity (Wildman–Crippen MR) is 107 cm³/mol. The minimum absolute atomic E-state index is 0.132. The summed E-state index contributed by atoms with van der Waals surface area (Å²) in [6.07, 6.45) is 2.07. The van der Waals surface area contributed by atoms with Crippen molar-refractivity contribution in [1.29, 1.82) is 0 Å². The Labute approximate surface area is 161 Å². The van der Waals surface area contributed by atoms with Crippen molar-refractivity contribution in [2.24, 2.45) is 0 Å². The molecule has 1 fully saturated rings. The molecule has 8 heteroatoms. The van der Waals surface area contributed by atoms with Crippen LogP contribution < -0.4 is 9.03 Å². The molecule has 2 aromatic rings. The maximum atomic E-state index is 12.6. The highest BCUT2D eigenvalue weighted by molar-refractivity contribution is 7.92. The maximum Gasteiger partial charge on any atom is 0.240 e. The summed E-state index contributed by atoms with van der Waals surface area (Å²) in [5.41, 5.74) is 2.11. The Morgan fingerprint density at radius 1 is 1.07 bits per heavy atom. The molecule has 0 unspecified atom stereocenters. The average Bonchev–Trinajstić information content (AvgIpc) is 2.62. The lowest BCUT2D eigenvalue weighted by atomic mass is 10.2. The normalized spacial score (nSPS) is 17.0. The van der Waals surface area contributed by atoms with Crippen molar-refractivity contribution in [3.63, 3.8) is 0 Å². The molecular weight excluding hydrogens is 384 g/mol. The number of hydrogen-bond donors (Lipinski definition) is 1. The minimum atomic E-state index is -3.66. The van der Waals surface area contributed by atoms with Gasteiger partial charge >= 0.3 is 0 Å². The summed E-state index contributed by atoms with van der Waals surface area (Å²) in [6.45, 7) is 2.42. The third-order valence-electron chi connectivity index (χ3n) is 4.63. The molecule has 2 aromatic carbocycles. The standard InChI is InChI=1S/C19H24N2O4S2/c1-16-15-18(21-13-5-6-14-26(21,22)23)9-10-19(16)27(24,25)20-12-11-17-7-3-2-4-8-17/h2-4,7-10,15,20H,5-6,11-14H2,1H3. The lowest BCUT2D eigenvalue weighted by Gasteiger charge is -2.28. The SMILES string of the molecule is Cc1cc(N2CCCCS2(=O)=O)ccc1S(=O)(=O)NCCc1ccccc1. The molecule has 1 saturated heterocycles. The second-order valence-corrected chi connectivity index (χ2v) is 10.4. The van der Waals surface area contributed by atoms with Gasteiger partial charge in [-0.15, -0.1) is 0 Å². The van der Waals surface area contributed by atoms with Gasteiger partial charge in [0.25, 0.3) is 0 Å². The monoisotopic (exact) mass is 408 g/mol. The van der Waals surface area contributed by atoms with Crippen molar-refractivity contribution in [3.8, 4) is 0 Å². The summed E-state index contributed by atoms with van der Waals surface area (Å²) >= 11 is 0. The summed E-state index contributed by atoms with van der Waals surface area (Å²) < 4.78 is 53.7. The van der Waals surface area contributed by atoms with E-state index in [1.807, 2.05) is 30.3 Å². The van der Waals surface area contributed by atoms with Gasteiger partial charge in [-0.2, -0.15) is 0 Å². The van der Waals surface area contributed by atoms with Crippen LogP contribution >= 0.6 is 0 Å². The van der Waals surface area contributed by atoms with Gasteiger partial charge in [-0.05, 0) is 55.5 Å². The fraction of sp³-hybridized carbons (Fsp3) is 0.368. The van der Waals surface area contributed by atoms with Crippen LogP contribution in [0, 0.1) is 6.92 Å². The number of rotatable bonds is 6. The van der Waals surface area contributed by atoms with E-state index >= 15 is 0 Å². The van der Waals surface area contributed by atoms with E-state index in [2.05, 4.69) is 4.72 Å². The topological polar surface area (TPSA) is 83.6 Å². The van der Waals surface area contributed by atoms with Gasteiger partial charge in [0.1, 0.15) is 0 Å². The quantitative estimate of drug-likeness (QED) is 0.796. The van der Waals surface area contributed by atoms with Gasteiger partial charge < -0.3 is 0 Å². The molecule has 0 radical (unpaired) electrons. The largest absolute Gasteiger partial charge is 0.270 e. The lowest BCUT2D eigenvalue weighted by Crippen LogP contribution is -2.38. The van der Waals surface area contributed by atoms with E-state index in [0.717, 1.165) is 12.0 Å². The van der Waals surface area contributed by atoms with E-state index in [9.17, 15) is 16.8 Å². The number of sulfonamides is 2. The highest BCUT2D eigenvalue weighted by Crippen LogP contribution is 2.27. The molecule has 1 N–H and O–H groups in total. The van der Waals surface area contributed by atoms with Crippen LogP contribution in [-0.4, -0.2) is 35.7 Å². The molecule has 146 valence electrons. The maximum absolute atomic E-state index is 12.6. The Morgan fingerprint density at radius 3 is 2.48 bits per heavy atom. The molecule has 0 amide bonds. The van der Waals surface area contributed by atoms with E-state index in [0.29, 0.717) is 37.2 Å². The number of anilines is 1. The number of benzene rings is 2. The average molecular weight is 409 g/mol. The molecule has 0 aliphatic carbocycles. The number of nitrogens with zero attached hydrogens (tertiary/aromatic N) is 1. The Balaban J connectivity index is 1.74. The zero-order valence-corrected chi connectivity index (χ0v) is 16.9. The van der Waals surface area contributed by atoms with Crippen molar-refractivity contribution in [1.82, 2.24) is 4.72 Å². The first-order valence-electron chi connectivity index (χ1n) is 8.94. The summed E-state index contributed by atoms with van der Waals surface area (Å²) in [5, 5.41) is 0. The summed E-state index contributed by atoms with van der Waals surface area (Å²) in [6, 6.07) is 14.3. The first kappa shape index (κ1) is 19.9. The summed E-state index contributed by atoms with van der Waals surface area (Å²) in [7, 11) is -6.97. The van der Waals surface area contributed by atoms with Gasteiger partial charge in [0.15, 0.2) is 0 Å². The molecule has 0 spiro atoms. The van der Waals surface area contributed by atoms with E-state index in [4.69, 9.17) is 0 Å². The molecule has 1 aliphatic heterocycles. The summed E-state index contributed by atoms with van der Waals surface area (Å²) in [5.74, 6) is 0.132. The second-order valence-electron chi connectivity index (χ2n) is 6.68. The van der Waals surface area contributed by atoms with Crippen molar-refractivity contribution < 1.29 is 16.8 Å². The van der Waals surface area contributed by atoms with E-state index < -0.39 is 20.0 Å². The van der Waals surface area contributed by atoms with Gasteiger partial charge in [-0.1, -0.05) is 30.3 Å². The fourth-order valence-electron chi connectivity index (χ4n) is 3.22. The van der Waals surface area contributed by atoms with Gasteiger partial charge in [0, 0.05) is 13.1 Å². The molecular formula is C19H24N2O4S2. The summed E-state index contributed by atoms with van der Waals surface area (Å²) in [4.78, 5) is 0.175. The third kappa shape index (κ3) is 4.69. The van der Waals surface area contributed by atoms with Crippen LogP contribution in [0.5, 0.6) is 0 Å². The van der Waals surface area contributed by atoms with Crippen LogP contribution in [0.2, 0.25) is 0 Å². The highest BCUT2D eigenvalue weighted by atomic mass is 32.2. The van der Waals surface area contributed by atoms with Crippen LogP contribution in [-0.2, 0) is 26.5 Å². The Bertz CT molecular complexity index is 1000. The third-order valence-corrected chi connectivity index (χ3v) is 8.12. The van der Waals surface area contributed by atoms with Crippen molar-refractivity contribution in [2.75, 3.05) is 23.1 Å². The number of nitrogens with one attached hydrogen (secondary N) is 1. The van der Waals surface area contributed by atoms with E-state index in [-0.39, 0.29) is 10.6 Å². The van der Waals surface area contributed by atoms with Gasteiger partial charge in [0.2, 0.25) is 20.0 Å². The van der Waals surface area contributed by atoms with E-state index in [1.165, 1.54) is 10.4 Å². The molecule has 6 nitrogen and oxygen atoms in total. The Hall–Kier alpha value is -1.90.